The average Bonchev–Trinajstić information content (AvgIpc) is 2.63. The van der Waals surface area contributed by atoms with Crippen LogP contribution < -0.4 is 15.8 Å². The van der Waals surface area contributed by atoms with Gasteiger partial charge in [0.05, 0.1) is 25.5 Å². The maximum Gasteiger partial charge on any atom is 0.272 e. The van der Waals surface area contributed by atoms with Crippen LogP contribution in [0, 0.1) is 0 Å². The largest absolute Gasteiger partial charge is 0.378 e. The van der Waals surface area contributed by atoms with E-state index in [1.54, 1.807) is 12.3 Å². The molecular formula is C15H18N6O3. The van der Waals surface area contributed by atoms with Crippen LogP contribution in [0.25, 0.3) is 0 Å². The van der Waals surface area contributed by atoms with E-state index in [-0.39, 0.29) is 23.7 Å². The Labute approximate surface area is 138 Å². The molecule has 1 N–H and O–H groups in total. The van der Waals surface area contributed by atoms with Crippen LogP contribution >= 0.6 is 0 Å². The van der Waals surface area contributed by atoms with Gasteiger partial charge in [0.25, 0.3) is 11.5 Å². The van der Waals surface area contributed by atoms with Gasteiger partial charge in [-0.15, -0.1) is 0 Å². The van der Waals surface area contributed by atoms with Crippen LogP contribution in [0.3, 0.4) is 0 Å². The Morgan fingerprint density at radius 2 is 2.08 bits per heavy atom. The summed E-state index contributed by atoms with van der Waals surface area (Å²) in [5.41, 5.74) is 0.613. The topological polar surface area (TPSA) is 102 Å². The van der Waals surface area contributed by atoms with Gasteiger partial charge in [-0.05, 0) is 12.1 Å². The molecule has 0 bridgehead atoms. The maximum absolute atomic E-state index is 12.1. The first-order valence-electron chi connectivity index (χ1n) is 7.60. The first kappa shape index (κ1) is 16.1. The third kappa shape index (κ3) is 3.74. The molecule has 1 fully saturated rings. The summed E-state index contributed by atoms with van der Waals surface area (Å²) in [7, 11) is 1.50. The quantitative estimate of drug-likeness (QED) is 0.793. The Bertz CT molecular complexity index is 785. The molecule has 1 aliphatic heterocycles. The standard InChI is InChI=1S/C15H18N6O3/c1-20-13(22)3-2-12(19-20)14(23)17-10-11-4-5-16-15(18-11)21-6-8-24-9-7-21/h2-5H,6-10H2,1H3,(H,17,23). The molecule has 3 rings (SSSR count). The van der Waals surface area contributed by atoms with Crippen molar-refractivity contribution >= 4 is 11.9 Å². The fourth-order valence-electron chi connectivity index (χ4n) is 2.28. The minimum Gasteiger partial charge on any atom is -0.378 e. The van der Waals surface area contributed by atoms with Crippen molar-refractivity contribution in [2.24, 2.45) is 7.05 Å². The molecule has 9 nitrogen and oxygen atoms in total. The SMILES string of the molecule is Cn1nc(C(=O)NCc2ccnc(N3CCOCC3)n2)ccc1=O. The fourth-order valence-corrected chi connectivity index (χ4v) is 2.28. The predicted octanol–water partition coefficient (Wildman–Crippen LogP) is -0.663. The summed E-state index contributed by atoms with van der Waals surface area (Å²) in [5.74, 6) is 0.266. The fraction of sp³-hybridized carbons (Fsp3) is 0.400. The lowest BCUT2D eigenvalue weighted by molar-refractivity contribution is 0.0943. The summed E-state index contributed by atoms with van der Waals surface area (Å²) in [6.45, 7) is 3.06. The van der Waals surface area contributed by atoms with Gasteiger partial charge in [0.15, 0.2) is 0 Å². The highest BCUT2D eigenvalue weighted by Gasteiger charge is 2.14. The summed E-state index contributed by atoms with van der Waals surface area (Å²) < 4.78 is 6.43. The second kappa shape index (κ2) is 7.18. The van der Waals surface area contributed by atoms with Gasteiger partial charge in [0.2, 0.25) is 5.95 Å². The zero-order valence-electron chi connectivity index (χ0n) is 13.3. The average molecular weight is 330 g/mol. The number of hydrogen-bond acceptors (Lipinski definition) is 7. The number of carbonyl (C=O) groups excluding carboxylic acids is 1. The zero-order chi connectivity index (χ0) is 16.9. The van der Waals surface area contributed by atoms with Crippen LogP contribution in [0.4, 0.5) is 5.95 Å². The Morgan fingerprint density at radius 3 is 2.83 bits per heavy atom. The number of rotatable bonds is 4. The molecule has 0 aromatic carbocycles. The Hall–Kier alpha value is -2.81. The summed E-state index contributed by atoms with van der Waals surface area (Å²) in [4.78, 5) is 34.2. The first-order valence-corrected chi connectivity index (χ1v) is 7.60. The van der Waals surface area contributed by atoms with E-state index in [0.717, 1.165) is 17.8 Å². The van der Waals surface area contributed by atoms with Crippen molar-refractivity contribution in [2.75, 3.05) is 31.2 Å². The normalized spacial score (nSPS) is 14.5. The van der Waals surface area contributed by atoms with Gasteiger partial charge in [-0.25, -0.2) is 14.6 Å². The lowest BCUT2D eigenvalue weighted by Gasteiger charge is -2.26. The molecule has 9 heteroatoms. The second-order valence-corrected chi connectivity index (χ2v) is 5.31. The number of amides is 1. The lowest BCUT2D eigenvalue weighted by atomic mass is 10.3. The molecule has 1 amide bonds. The van der Waals surface area contributed by atoms with E-state index in [1.165, 1.54) is 19.2 Å². The van der Waals surface area contributed by atoms with Gasteiger partial charge in [-0.2, -0.15) is 5.10 Å². The number of nitrogens with zero attached hydrogens (tertiary/aromatic N) is 5. The maximum atomic E-state index is 12.1. The molecule has 0 unspecified atom stereocenters. The van der Waals surface area contributed by atoms with Crippen molar-refractivity contribution < 1.29 is 9.53 Å². The second-order valence-electron chi connectivity index (χ2n) is 5.31. The van der Waals surface area contributed by atoms with Crippen molar-refractivity contribution in [3.05, 3.63) is 46.1 Å². The monoisotopic (exact) mass is 330 g/mol. The molecule has 126 valence electrons. The first-order chi connectivity index (χ1) is 11.6. The number of hydrogen-bond donors (Lipinski definition) is 1. The molecule has 2 aromatic heterocycles. The predicted molar refractivity (Wildman–Crippen MR) is 85.7 cm³/mol. The highest BCUT2D eigenvalue weighted by Crippen LogP contribution is 2.09. The minimum atomic E-state index is -0.364. The molecular weight excluding hydrogens is 312 g/mol. The van der Waals surface area contributed by atoms with Crippen molar-refractivity contribution in [1.82, 2.24) is 25.1 Å². The van der Waals surface area contributed by atoms with E-state index in [1.807, 2.05) is 4.90 Å². The molecule has 0 atom stereocenters. The van der Waals surface area contributed by atoms with Crippen LogP contribution in [0.5, 0.6) is 0 Å². The van der Waals surface area contributed by atoms with E-state index in [2.05, 4.69) is 20.4 Å². The molecule has 24 heavy (non-hydrogen) atoms. The van der Waals surface area contributed by atoms with E-state index in [4.69, 9.17) is 4.74 Å². The van der Waals surface area contributed by atoms with Crippen molar-refractivity contribution in [3.8, 4) is 0 Å². The van der Waals surface area contributed by atoms with E-state index in [9.17, 15) is 9.59 Å². The highest BCUT2D eigenvalue weighted by molar-refractivity contribution is 5.91. The molecule has 0 aliphatic carbocycles. The lowest BCUT2D eigenvalue weighted by Crippen LogP contribution is -2.37. The number of aromatic nitrogens is 4. The van der Waals surface area contributed by atoms with Gasteiger partial charge < -0.3 is 15.0 Å². The summed E-state index contributed by atoms with van der Waals surface area (Å²) in [6, 6.07) is 4.46. The third-order valence-electron chi connectivity index (χ3n) is 3.62. The highest BCUT2D eigenvalue weighted by atomic mass is 16.5. The van der Waals surface area contributed by atoms with Gasteiger partial charge in [-0.3, -0.25) is 9.59 Å². The summed E-state index contributed by atoms with van der Waals surface area (Å²) in [6.07, 6.45) is 1.67. The molecule has 1 saturated heterocycles. The van der Waals surface area contributed by atoms with Crippen molar-refractivity contribution in [1.29, 1.82) is 0 Å². The molecule has 3 heterocycles. The smallest absolute Gasteiger partial charge is 0.272 e. The van der Waals surface area contributed by atoms with E-state index < -0.39 is 0 Å². The molecule has 0 radical (unpaired) electrons. The van der Waals surface area contributed by atoms with Crippen LogP contribution in [0.15, 0.2) is 29.2 Å². The number of carbonyl (C=O) groups is 1. The van der Waals surface area contributed by atoms with Crippen molar-refractivity contribution in [3.63, 3.8) is 0 Å². The van der Waals surface area contributed by atoms with Gasteiger partial charge in [-0.1, -0.05) is 0 Å². The summed E-state index contributed by atoms with van der Waals surface area (Å²) in [5, 5.41) is 6.65. The van der Waals surface area contributed by atoms with E-state index in [0.29, 0.717) is 24.9 Å². The van der Waals surface area contributed by atoms with Crippen LogP contribution in [0.1, 0.15) is 16.2 Å². The molecule has 2 aromatic rings. The minimum absolute atomic E-state index is 0.180. The van der Waals surface area contributed by atoms with Gasteiger partial charge in [0.1, 0.15) is 5.69 Å². The van der Waals surface area contributed by atoms with Crippen LogP contribution in [-0.4, -0.2) is 52.0 Å². The van der Waals surface area contributed by atoms with E-state index >= 15 is 0 Å². The molecule has 1 aliphatic rings. The van der Waals surface area contributed by atoms with Crippen molar-refractivity contribution in [2.45, 2.75) is 6.54 Å². The number of nitrogens with one attached hydrogen (secondary N) is 1. The molecule has 0 spiro atoms. The van der Waals surface area contributed by atoms with Crippen LogP contribution in [0.2, 0.25) is 0 Å². The Kier molecular flexibility index (Phi) is 4.80. The zero-order valence-corrected chi connectivity index (χ0v) is 13.3. The van der Waals surface area contributed by atoms with Gasteiger partial charge >= 0.3 is 0 Å². The summed E-state index contributed by atoms with van der Waals surface area (Å²) >= 11 is 0. The number of morpholine rings is 1. The number of anilines is 1. The third-order valence-corrected chi connectivity index (χ3v) is 3.62. The Balaban J connectivity index is 1.64. The van der Waals surface area contributed by atoms with Gasteiger partial charge in [0, 0.05) is 32.4 Å². The Morgan fingerprint density at radius 1 is 1.29 bits per heavy atom. The number of aryl methyl sites for hydroxylation is 1. The number of ether oxygens (including phenoxy) is 1. The molecule has 0 saturated carbocycles. The van der Waals surface area contributed by atoms with Crippen LogP contribution in [-0.2, 0) is 18.3 Å².